The van der Waals surface area contributed by atoms with Gasteiger partial charge < -0.3 is 29.1 Å². The molecule has 5 saturated heterocycles. The molecule has 1 amide bonds. The van der Waals surface area contributed by atoms with Crippen molar-refractivity contribution in [2.75, 3.05) is 70.5 Å². The van der Waals surface area contributed by atoms with Gasteiger partial charge >= 0.3 is 0 Å². The lowest BCUT2D eigenvalue weighted by Gasteiger charge is -2.55. The van der Waals surface area contributed by atoms with Gasteiger partial charge in [0.15, 0.2) is 17.4 Å². The first kappa shape index (κ1) is 35.4. The molecular weight excluding hydrogens is 669 g/mol. The number of carbonyl (C=O) groups is 1. The van der Waals surface area contributed by atoms with Crippen LogP contribution in [0.1, 0.15) is 62.7 Å². The van der Waals surface area contributed by atoms with Gasteiger partial charge in [-0.3, -0.25) is 9.69 Å². The molecule has 1 aromatic heterocycles. The smallest absolute Gasteiger partial charge is 0.279 e. The van der Waals surface area contributed by atoms with Crippen molar-refractivity contribution in [3.63, 3.8) is 0 Å². The minimum atomic E-state index is -3.53. The zero-order valence-corrected chi connectivity index (χ0v) is 29.6. The van der Waals surface area contributed by atoms with Gasteiger partial charge in [0, 0.05) is 44.1 Å². The van der Waals surface area contributed by atoms with E-state index in [-0.39, 0.29) is 47.4 Å². The number of β-amino-alcohol motifs (C(OH)–C–C–N with tert-alkyl or cyclic N) is 1. The van der Waals surface area contributed by atoms with Crippen LogP contribution >= 0.6 is 0 Å². The third-order valence-electron chi connectivity index (χ3n) is 10.8. The van der Waals surface area contributed by atoms with Crippen LogP contribution in [-0.2, 0) is 19.7 Å². The molecule has 274 valence electrons. The zero-order chi connectivity index (χ0) is 35.1. The highest BCUT2D eigenvalue weighted by Crippen LogP contribution is 2.45. The number of aromatic nitrogens is 2. The summed E-state index contributed by atoms with van der Waals surface area (Å²) in [5.41, 5.74) is 0.225. The standard InChI is InChI=1S/C34H48FN7O7S/c1-24-17-47-18-25(2)42(24)32(43)28-15-26(35)5-6-29(28)49-30-16-36-23-37-31(30)40-20-33(21-40)9-13-39(14-10-33)22-34(44)8-7-27(19-48-34)38-50(45,46)41-11-3-4-12-41/h5-6,15-16,23-25,27,38,44H,3-4,7-14,17-22H2,1-2H3/t24-,25-,27-,34-/m1/s1. The van der Waals surface area contributed by atoms with Crippen molar-refractivity contribution in [2.24, 2.45) is 5.41 Å². The highest BCUT2D eigenvalue weighted by molar-refractivity contribution is 7.87. The van der Waals surface area contributed by atoms with Crippen LogP contribution in [-0.4, -0.2) is 133 Å². The lowest BCUT2D eigenvalue weighted by Crippen LogP contribution is -2.62. The van der Waals surface area contributed by atoms with Crippen molar-refractivity contribution in [1.29, 1.82) is 0 Å². The molecule has 14 nitrogen and oxygen atoms in total. The molecule has 50 heavy (non-hydrogen) atoms. The van der Waals surface area contributed by atoms with Crippen molar-refractivity contribution in [3.8, 4) is 11.5 Å². The van der Waals surface area contributed by atoms with E-state index in [4.69, 9.17) is 14.2 Å². The molecule has 7 rings (SSSR count). The number of piperidine rings is 1. The molecule has 2 N–H and O–H groups in total. The lowest BCUT2D eigenvalue weighted by molar-refractivity contribution is -0.239. The van der Waals surface area contributed by atoms with Gasteiger partial charge in [0.05, 0.1) is 50.2 Å². The van der Waals surface area contributed by atoms with Gasteiger partial charge in [0.25, 0.3) is 16.1 Å². The average molecular weight is 718 g/mol. The highest BCUT2D eigenvalue weighted by Gasteiger charge is 2.47. The summed E-state index contributed by atoms with van der Waals surface area (Å²) in [6.07, 6.45) is 7.54. The van der Waals surface area contributed by atoms with Gasteiger partial charge in [0.1, 0.15) is 17.9 Å². The number of aliphatic hydroxyl groups is 1. The first-order chi connectivity index (χ1) is 23.9. The highest BCUT2D eigenvalue weighted by atomic mass is 32.2. The zero-order valence-electron chi connectivity index (χ0n) is 28.8. The molecule has 1 spiro atoms. The van der Waals surface area contributed by atoms with Crippen molar-refractivity contribution in [3.05, 3.63) is 42.1 Å². The molecule has 5 aliphatic rings. The molecule has 1 aromatic carbocycles. The quantitative estimate of drug-likeness (QED) is 0.394. The van der Waals surface area contributed by atoms with E-state index in [0.717, 1.165) is 51.9 Å². The number of halogens is 1. The number of carbonyl (C=O) groups excluding carboxylic acids is 1. The van der Waals surface area contributed by atoms with Crippen LogP contribution in [0.4, 0.5) is 10.2 Å². The summed E-state index contributed by atoms with van der Waals surface area (Å²) in [6.45, 7) is 9.39. The maximum absolute atomic E-state index is 14.4. The molecule has 0 bridgehead atoms. The summed E-state index contributed by atoms with van der Waals surface area (Å²) in [5.74, 6) is -0.912. The maximum Gasteiger partial charge on any atom is 0.279 e. The summed E-state index contributed by atoms with van der Waals surface area (Å²) in [7, 11) is -3.53. The Labute approximate surface area is 293 Å². The number of likely N-dealkylation sites (tertiary alicyclic amines) is 1. The van der Waals surface area contributed by atoms with Gasteiger partial charge in [-0.25, -0.2) is 14.4 Å². The van der Waals surface area contributed by atoms with Gasteiger partial charge in [-0.15, -0.1) is 0 Å². The maximum atomic E-state index is 14.4. The van der Waals surface area contributed by atoms with E-state index in [1.54, 1.807) is 11.1 Å². The predicted molar refractivity (Wildman–Crippen MR) is 182 cm³/mol. The van der Waals surface area contributed by atoms with Crippen LogP contribution in [0.15, 0.2) is 30.7 Å². The van der Waals surface area contributed by atoms with E-state index in [9.17, 15) is 22.7 Å². The van der Waals surface area contributed by atoms with Crippen molar-refractivity contribution < 1.29 is 36.9 Å². The van der Waals surface area contributed by atoms with Gasteiger partial charge in [-0.1, -0.05) is 0 Å². The Morgan fingerprint density at radius 3 is 2.46 bits per heavy atom. The van der Waals surface area contributed by atoms with Crippen molar-refractivity contribution in [1.82, 2.24) is 28.8 Å². The van der Waals surface area contributed by atoms with E-state index in [2.05, 4.69) is 24.5 Å². The fourth-order valence-electron chi connectivity index (χ4n) is 8.05. The van der Waals surface area contributed by atoms with E-state index in [1.807, 2.05) is 13.8 Å². The Morgan fingerprint density at radius 2 is 1.78 bits per heavy atom. The van der Waals surface area contributed by atoms with Gasteiger partial charge in [0.2, 0.25) is 0 Å². The number of ether oxygens (including phenoxy) is 3. The van der Waals surface area contributed by atoms with Gasteiger partial charge in [-0.2, -0.15) is 17.4 Å². The lowest BCUT2D eigenvalue weighted by atomic mass is 9.72. The number of nitrogens with one attached hydrogen (secondary N) is 1. The average Bonchev–Trinajstić information content (AvgIpc) is 3.63. The number of anilines is 1. The molecule has 4 atom stereocenters. The molecular formula is C34H48FN7O7S. The second-order valence-electron chi connectivity index (χ2n) is 14.8. The number of amides is 1. The molecule has 16 heteroatoms. The minimum absolute atomic E-state index is 0.0906. The Balaban J connectivity index is 0.930. The number of hydrogen-bond donors (Lipinski definition) is 2. The number of rotatable bonds is 9. The second-order valence-corrected chi connectivity index (χ2v) is 16.5. The second kappa shape index (κ2) is 14.2. The number of benzene rings is 1. The first-order valence-electron chi connectivity index (χ1n) is 17.7. The summed E-state index contributed by atoms with van der Waals surface area (Å²) in [5, 5.41) is 11.2. The topological polar surface area (TPSA) is 150 Å². The molecule has 5 fully saturated rings. The summed E-state index contributed by atoms with van der Waals surface area (Å²) in [4.78, 5) is 28.5. The SMILES string of the molecule is C[C@@H]1COC[C@@H](C)N1C(=O)c1cc(F)ccc1Oc1cncnc1N1CC2(CCN(C[C@@]3(O)CC[C@@H](NS(=O)(=O)N4CCCC4)CO3)CC2)C1. The Morgan fingerprint density at radius 1 is 1.06 bits per heavy atom. The van der Waals surface area contributed by atoms with Crippen LogP contribution < -0.4 is 14.4 Å². The van der Waals surface area contributed by atoms with Crippen LogP contribution in [0, 0.1) is 11.2 Å². The fraction of sp³-hybridized carbons (Fsp3) is 0.676. The monoisotopic (exact) mass is 717 g/mol. The van der Waals surface area contributed by atoms with Crippen molar-refractivity contribution in [2.45, 2.75) is 76.3 Å². The summed E-state index contributed by atoms with van der Waals surface area (Å²) < 4.78 is 61.7. The van der Waals surface area contributed by atoms with Crippen LogP contribution in [0.5, 0.6) is 11.5 Å². The van der Waals surface area contributed by atoms with Crippen LogP contribution in [0.3, 0.4) is 0 Å². The molecule has 0 radical (unpaired) electrons. The third-order valence-corrected chi connectivity index (χ3v) is 12.5. The van der Waals surface area contributed by atoms with E-state index < -0.39 is 21.8 Å². The minimum Gasteiger partial charge on any atom is -0.451 e. The predicted octanol–water partition coefficient (Wildman–Crippen LogP) is 2.36. The molecule has 0 aliphatic carbocycles. The van der Waals surface area contributed by atoms with E-state index in [1.165, 1.54) is 28.8 Å². The fourth-order valence-corrected chi connectivity index (χ4v) is 9.54. The molecule has 0 unspecified atom stereocenters. The van der Waals surface area contributed by atoms with E-state index in [0.29, 0.717) is 57.3 Å². The number of hydrogen-bond acceptors (Lipinski definition) is 11. The third kappa shape index (κ3) is 7.47. The Bertz CT molecular complexity index is 1630. The normalized spacial score (nSPS) is 29.2. The number of morpholine rings is 1. The summed E-state index contributed by atoms with van der Waals surface area (Å²) >= 11 is 0. The van der Waals surface area contributed by atoms with Crippen LogP contribution in [0.25, 0.3) is 0 Å². The molecule has 5 aliphatic heterocycles. The van der Waals surface area contributed by atoms with Crippen molar-refractivity contribution >= 4 is 21.9 Å². The first-order valence-corrected chi connectivity index (χ1v) is 19.2. The molecule has 2 aromatic rings. The van der Waals surface area contributed by atoms with Gasteiger partial charge in [-0.05, 0) is 77.2 Å². The summed E-state index contributed by atoms with van der Waals surface area (Å²) in [6, 6.07) is 3.28. The van der Waals surface area contributed by atoms with Crippen LogP contribution in [0.2, 0.25) is 0 Å². The Kier molecular flexibility index (Phi) is 10.1. The van der Waals surface area contributed by atoms with E-state index >= 15 is 0 Å². The Hall–Kier alpha value is -2.99. The molecule has 6 heterocycles. The largest absolute Gasteiger partial charge is 0.451 e. The number of nitrogens with zero attached hydrogens (tertiary/aromatic N) is 6. The molecule has 0 saturated carbocycles.